The van der Waals surface area contributed by atoms with Gasteiger partial charge in [-0.15, -0.1) is 0 Å². The molecule has 0 aromatic heterocycles. The van der Waals surface area contributed by atoms with Crippen LogP contribution in [0.3, 0.4) is 0 Å². The number of ketones is 2. The predicted octanol–water partition coefficient (Wildman–Crippen LogP) is 3.62. The highest BCUT2D eigenvalue weighted by Crippen LogP contribution is 2.31. The van der Waals surface area contributed by atoms with E-state index in [1.165, 1.54) is 7.11 Å². The summed E-state index contributed by atoms with van der Waals surface area (Å²) < 4.78 is 21.6. The van der Waals surface area contributed by atoms with Gasteiger partial charge in [0, 0.05) is 17.5 Å². The van der Waals surface area contributed by atoms with E-state index in [2.05, 4.69) is 15.9 Å². The smallest absolute Gasteiger partial charge is 0.306 e. The molecule has 0 saturated carbocycles. The highest BCUT2D eigenvalue weighted by Gasteiger charge is 2.17. The van der Waals surface area contributed by atoms with Crippen LogP contribution in [0.15, 0.2) is 40.9 Å². The lowest BCUT2D eigenvalue weighted by Crippen LogP contribution is -2.16. The van der Waals surface area contributed by atoms with E-state index in [4.69, 9.17) is 18.9 Å². The normalized spacial score (nSPS) is 12.2. The number of fused-ring (bicyclic) bond motifs is 1. The van der Waals surface area contributed by atoms with Gasteiger partial charge in [-0.25, -0.2) is 0 Å². The summed E-state index contributed by atoms with van der Waals surface area (Å²) in [6.45, 7) is 0.504. The first-order valence-electron chi connectivity index (χ1n) is 8.93. The molecule has 1 aliphatic heterocycles. The largest absolute Gasteiger partial charge is 0.496 e. The number of hydrogen-bond donors (Lipinski definition) is 0. The third kappa shape index (κ3) is 5.35. The second-order valence-electron chi connectivity index (χ2n) is 6.21. The third-order valence-electron chi connectivity index (χ3n) is 4.26. The molecule has 0 atom stereocenters. The fourth-order valence-corrected chi connectivity index (χ4v) is 3.26. The number of ether oxygens (including phenoxy) is 4. The van der Waals surface area contributed by atoms with Gasteiger partial charge >= 0.3 is 5.97 Å². The van der Waals surface area contributed by atoms with Gasteiger partial charge in [-0.2, -0.15) is 0 Å². The topological polar surface area (TPSA) is 88.1 Å². The van der Waals surface area contributed by atoms with Crippen molar-refractivity contribution in [1.82, 2.24) is 0 Å². The van der Waals surface area contributed by atoms with Gasteiger partial charge < -0.3 is 18.9 Å². The highest BCUT2D eigenvalue weighted by atomic mass is 79.9. The van der Waals surface area contributed by atoms with E-state index < -0.39 is 12.6 Å². The Hall–Kier alpha value is -2.87. The number of hydrogen-bond acceptors (Lipinski definition) is 7. The van der Waals surface area contributed by atoms with Crippen LogP contribution in [-0.4, -0.2) is 44.5 Å². The Balaban J connectivity index is 1.47. The molecule has 3 rings (SSSR count). The number of rotatable bonds is 8. The molecular weight excluding hydrogens is 444 g/mol. The van der Waals surface area contributed by atoms with Gasteiger partial charge in [0.2, 0.25) is 0 Å². The zero-order valence-electron chi connectivity index (χ0n) is 15.7. The summed E-state index contributed by atoms with van der Waals surface area (Å²) in [7, 11) is 1.52. The molecule has 0 spiro atoms. The van der Waals surface area contributed by atoms with E-state index in [0.29, 0.717) is 46.1 Å². The molecule has 152 valence electrons. The Morgan fingerprint density at radius 1 is 0.931 bits per heavy atom. The molecule has 2 aromatic carbocycles. The minimum Gasteiger partial charge on any atom is -0.496 e. The fourth-order valence-electron chi connectivity index (χ4n) is 2.72. The third-order valence-corrected chi connectivity index (χ3v) is 4.88. The number of halogens is 1. The summed E-state index contributed by atoms with van der Waals surface area (Å²) in [5, 5.41) is 0. The van der Waals surface area contributed by atoms with Crippen molar-refractivity contribution >= 4 is 33.5 Å². The molecule has 0 N–H and O–H groups in total. The van der Waals surface area contributed by atoms with Gasteiger partial charge in [-0.1, -0.05) is 0 Å². The second kappa shape index (κ2) is 9.56. The van der Waals surface area contributed by atoms with Crippen molar-refractivity contribution in [3.05, 3.63) is 52.0 Å². The van der Waals surface area contributed by atoms with E-state index in [9.17, 15) is 14.4 Å². The molecule has 0 amide bonds. The molecule has 0 aliphatic carbocycles. The maximum atomic E-state index is 12.3. The lowest BCUT2D eigenvalue weighted by atomic mass is 10.1. The van der Waals surface area contributed by atoms with Crippen molar-refractivity contribution in [2.24, 2.45) is 0 Å². The Morgan fingerprint density at radius 3 is 2.34 bits per heavy atom. The number of benzene rings is 2. The van der Waals surface area contributed by atoms with E-state index >= 15 is 0 Å². The quantitative estimate of drug-likeness (QED) is 0.437. The van der Waals surface area contributed by atoms with Crippen LogP contribution >= 0.6 is 15.9 Å². The number of carbonyl (C=O) groups excluding carboxylic acids is 3. The Labute approximate surface area is 176 Å². The van der Waals surface area contributed by atoms with Gasteiger partial charge in [0.15, 0.2) is 29.7 Å². The second-order valence-corrected chi connectivity index (χ2v) is 7.07. The van der Waals surface area contributed by atoms with Crippen LogP contribution in [0.1, 0.15) is 33.6 Å². The lowest BCUT2D eigenvalue weighted by Gasteiger charge is -2.18. The molecule has 0 bridgehead atoms. The molecule has 1 aliphatic rings. The first-order valence-corrected chi connectivity index (χ1v) is 9.72. The molecule has 1 heterocycles. The minimum absolute atomic E-state index is 0.0270. The molecule has 7 nitrogen and oxygen atoms in total. The Bertz CT molecular complexity index is 939. The summed E-state index contributed by atoms with van der Waals surface area (Å²) >= 11 is 3.30. The van der Waals surface area contributed by atoms with Crippen LogP contribution in [0.4, 0.5) is 0 Å². The van der Waals surface area contributed by atoms with Crippen molar-refractivity contribution in [3.8, 4) is 17.2 Å². The average Bonchev–Trinajstić information content (AvgIpc) is 2.75. The van der Waals surface area contributed by atoms with E-state index in [1.807, 2.05) is 0 Å². The number of Topliss-reactive ketones (excluding diaryl/α,β-unsaturated/α-hetero) is 2. The minimum atomic E-state index is -0.614. The van der Waals surface area contributed by atoms with Crippen LogP contribution in [0.2, 0.25) is 0 Å². The van der Waals surface area contributed by atoms with E-state index in [1.54, 1.807) is 36.4 Å². The van der Waals surface area contributed by atoms with Gasteiger partial charge in [0.1, 0.15) is 19.0 Å². The maximum absolute atomic E-state index is 12.3. The average molecular weight is 463 g/mol. The van der Waals surface area contributed by atoms with Crippen molar-refractivity contribution in [3.63, 3.8) is 0 Å². The van der Waals surface area contributed by atoms with Crippen LogP contribution in [0.5, 0.6) is 17.2 Å². The Morgan fingerprint density at radius 2 is 1.62 bits per heavy atom. The monoisotopic (exact) mass is 462 g/mol. The van der Waals surface area contributed by atoms with Crippen molar-refractivity contribution in [2.75, 3.05) is 26.9 Å². The van der Waals surface area contributed by atoms with Crippen LogP contribution in [0, 0.1) is 0 Å². The number of carbonyl (C=O) groups is 3. The first-order chi connectivity index (χ1) is 14.0. The standard InChI is InChI=1S/C21H19BrO7/c1-26-18-5-2-13(10-15(18)22)17(24)12-29-21(25)7-4-16(23)14-3-6-19-20(11-14)28-9-8-27-19/h2-3,5-6,10-11H,4,7-9,12H2,1H3. The zero-order chi connectivity index (χ0) is 20.8. The molecule has 0 unspecified atom stereocenters. The maximum Gasteiger partial charge on any atom is 0.306 e. The van der Waals surface area contributed by atoms with Crippen LogP contribution in [-0.2, 0) is 9.53 Å². The summed E-state index contributed by atoms with van der Waals surface area (Å²) in [4.78, 5) is 36.4. The molecule has 29 heavy (non-hydrogen) atoms. The summed E-state index contributed by atoms with van der Waals surface area (Å²) in [5.74, 6) is 0.522. The van der Waals surface area contributed by atoms with Crippen LogP contribution in [0.25, 0.3) is 0 Å². The summed E-state index contributed by atoms with van der Waals surface area (Å²) in [5.41, 5.74) is 0.819. The van der Waals surface area contributed by atoms with Gasteiger partial charge in [-0.3, -0.25) is 14.4 Å². The predicted molar refractivity (Wildman–Crippen MR) is 107 cm³/mol. The summed E-state index contributed by atoms with van der Waals surface area (Å²) in [6.07, 6.45) is -0.145. The molecule has 8 heteroatoms. The molecule has 0 radical (unpaired) electrons. The lowest BCUT2D eigenvalue weighted by molar-refractivity contribution is -0.142. The van der Waals surface area contributed by atoms with Crippen molar-refractivity contribution in [1.29, 1.82) is 0 Å². The summed E-state index contributed by atoms with van der Waals surface area (Å²) in [6, 6.07) is 9.74. The molecular formula is C21H19BrO7. The molecule has 2 aromatic rings. The van der Waals surface area contributed by atoms with Crippen molar-refractivity contribution < 1.29 is 33.3 Å². The zero-order valence-corrected chi connectivity index (χ0v) is 17.3. The number of esters is 1. The highest BCUT2D eigenvalue weighted by molar-refractivity contribution is 9.10. The SMILES string of the molecule is COc1ccc(C(=O)COC(=O)CCC(=O)c2ccc3c(c2)OCCO3)cc1Br. The molecule has 0 saturated heterocycles. The van der Waals surface area contributed by atoms with Crippen LogP contribution < -0.4 is 14.2 Å². The van der Waals surface area contributed by atoms with Crippen molar-refractivity contribution in [2.45, 2.75) is 12.8 Å². The van der Waals surface area contributed by atoms with E-state index in [0.717, 1.165) is 0 Å². The van der Waals surface area contributed by atoms with Gasteiger partial charge in [0.25, 0.3) is 0 Å². The van der Waals surface area contributed by atoms with E-state index in [-0.39, 0.29) is 24.4 Å². The first kappa shape index (κ1) is 20.9. The Kier molecular flexibility index (Phi) is 6.87. The number of methoxy groups -OCH3 is 1. The molecule has 0 fully saturated rings. The fraction of sp³-hybridized carbons (Fsp3) is 0.286. The van der Waals surface area contributed by atoms with Gasteiger partial charge in [-0.05, 0) is 52.3 Å². The van der Waals surface area contributed by atoms with Gasteiger partial charge in [0.05, 0.1) is 18.0 Å².